The Balaban J connectivity index is 1.55. The van der Waals surface area contributed by atoms with E-state index in [-0.39, 0.29) is 0 Å². The Morgan fingerprint density at radius 2 is 1.64 bits per heavy atom. The molecule has 126 valence electrons. The fourth-order valence-corrected chi connectivity index (χ4v) is 2.33. The Bertz CT molecular complexity index is 825. The van der Waals surface area contributed by atoms with Gasteiger partial charge in [-0.1, -0.05) is 30.3 Å². The van der Waals surface area contributed by atoms with Gasteiger partial charge in [-0.3, -0.25) is 0 Å². The molecule has 0 amide bonds. The second-order valence-corrected chi connectivity index (χ2v) is 5.69. The van der Waals surface area contributed by atoms with E-state index in [2.05, 4.69) is 20.5 Å². The quantitative estimate of drug-likeness (QED) is 0.545. The van der Waals surface area contributed by atoms with Gasteiger partial charge in [0, 0.05) is 11.4 Å². The molecule has 0 saturated heterocycles. The Labute approximate surface area is 147 Å². The zero-order chi connectivity index (χ0) is 17.5. The van der Waals surface area contributed by atoms with Crippen molar-refractivity contribution in [2.75, 3.05) is 5.43 Å². The van der Waals surface area contributed by atoms with Crippen LogP contribution in [0.15, 0.2) is 65.8 Å². The summed E-state index contributed by atoms with van der Waals surface area (Å²) >= 11 is 0. The highest BCUT2D eigenvalue weighted by Gasteiger charge is 1.98. The third-order valence-corrected chi connectivity index (χ3v) is 3.49. The van der Waals surface area contributed by atoms with E-state index in [9.17, 15) is 0 Å². The van der Waals surface area contributed by atoms with Crippen LogP contribution in [0.5, 0.6) is 5.75 Å². The molecule has 0 atom stereocenters. The first kappa shape index (κ1) is 16.6. The van der Waals surface area contributed by atoms with E-state index in [1.165, 1.54) is 0 Å². The number of aryl methyl sites for hydroxylation is 2. The first-order chi connectivity index (χ1) is 12.2. The minimum absolute atomic E-state index is 0.497. The average molecular weight is 332 g/mol. The first-order valence-corrected chi connectivity index (χ1v) is 8.07. The summed E-state index contributed by atoms with van der Waals surface area (Å²) in [4.78, 5) is 8.55. The van der Waals surface area contributed by atoms with Gasteiger partial charge in [0.15, 0.2) is 0 Å². The van der Waals surface area contributed by atoms with Crippen LogP contribution in [0.3, 0.4) is 0 Å². The summed E-state index contributed by atoms with van der Waals surface area (Å²) in [5, 5.41) is 4.18. The van der Waals surface area contributed by atoms with Crippen molar-refractivity contribution in [3.63, 3.8) is 0 Å². The van der Waals surface area contributed by atoms with Gasteiger partial charge in [0.1, 0.15) is 12.4 Å². The van der Waals surface area contributed by atoms with Gasteiger partial charge < -0.3 is 4.74 Å². The van der Waals surface area contributed by atoms with Crippen LogP contribution in [-0.2, 0) is 6.61 Å². The monoisotopic (exact) mass is 332 g/mol. The van der Waals surface area contributed by atoms with Crippen molar-refractivity contribution in [2.24, 2.45) is 5.10 Å². The Kier molecular flexibility index (Phi) is 5.36. The van der Waals surface area contributed by atoms with Gasteiger partial charge in [-0.25, -0.2) is 15.4 Å². The zero-order valence-corrected chi connectivity index (χ0v) is 14.3. The van der Waals surface area contributed by atoms with Crippen molar-refractivity contribution < 1.29 is 4.74 Å². The SMILES string of the molecule is Cc1cc(C)nc(NN=Cc2ccc(OCc3ccccc3)cc2)n1. The molecule has 0 aliphatic carbocycles. The van der Waals surface area contributed by atoms with E-state index in [0.29, 0.717) is 12.6 Å². The van der Waals surface area contributed by atoms with Crippen molar-refractivity contribution >= 4 is 12.2 Å². The molecule has 2 aromatic carbocycles. The lowest BCUT2D eigenvalue weighted by Crippen LogP contribution is -1.99. The van der Waals surface area contributed by atoms with Gasteiger partial charge in [0.25, 0.3) is 0 Å². The van der Waals surface area contributed by atoms with Crippen LogP contribution in [-0.4, -0.2) is 16.2 Å². The molecule has 0 radical (unpaired) electrons. The molecule has 1 aromatic heterocycles. The standard InChI is InChI=1S/C20H20N4O/c1-15-12-16(2)23-20(22-15)24-21-13-17-8-10-19(11-9-17)25-14-18-6-4-3-5-7-18/h3-13H,14H2,1-2H3,(H,22,23,24). The lowest BCUT2D eigenvalue weighted by molar-refractivity contribution is 0.306. The summed E-state index contributed by atoms with van der Waals surface area (Å²) in [6.07, 6.45) is 1.72. The highest BCUT2D eigenvalue weighted by Crippen LogP contribution is 2.13. The van der Waals surface area contributed by atoms with Crippen molar-refractivity contribution in [1.82, 2.24) is 9.97 Å². The smallest absolute Gasteiger partial charge is 0.243 e. The zero-order valence-electron chi connectivity index (χ0n) is 14.3. The maximum Gasteiger partial charge on any atom is 0.243 e. The number of hydrazone groups is 1. The van der Waals surface area contributed by atoms with Gasteiger partial charge in [-0.2, -0.15) is 5.10 Å². The second-order valence-electron chi connectivity index (χ2n) is 5.69. The molecule has 5 nitrogen and oxygen atoms in total. The van der Waals surface area contributed by atoms with Crippen LogP contribution in [0.1, 0.15) is 22.5 Å². The van der Waals surface area contributed by atoms with Gasteiger partial charge in [-0.15, -0.1) is 0 Å². The van der Waals surface area contributed by atoms with E-state index >= 15 is 0 Å². The summed E-state index contributed by atoms with van der Waals surface area (Å²) in [6.45, 7) is 4.41. The Morgan fingerprint density at radius 3 is 2.32 bits per heavy atom. The van der Waals surface area contributed by atoms with Gasteiger partial charge >= 0.3 is 0 Å². The largest absolute Gasteiger partial charge is 0.489 e. The second kappa shape index (κ2) is 8.06. The molecule has 0 spiro atoms. The molecule has 0 aliphatic heterocycles. The fourth-order valence-electron chi connectivity index (χ4n) is 2.33. The van der Waals surface area contributed by atoms with Crippen LogP contribution in [0.4, 0.5) is 5.95 Å². The third kappa shape index (κ3) is 5.14. The minimum Gasteiger partial charge on any atom is -0.489 e. The van der Waals surface area contributed by atoms with Gasteiger partial charge in [-0.05, 0) is 55.3 Å². The molecule has 1 heterocycles. The van der Waals surface area contributed by atoms with Crippen molar-refractivity contribution in [3.8, 4) is 5.75 Å². The van der Waals surface area contributed by atoms with Crippen molar-refractivity contribution in [3.05, 3.63) is 83.2 Å². The minimum atomic E-state index is 0.497. The number of hydrogen-bond acceptors (Lipinski definition) is 5. The summed E-state index contributed by atoms with van der Waals surface area (Å²) in [5.74, 6) is 1.32. The van der Waals surface area contributed by atoms with Gasteiger partial charge in [0.05, 0.1) is 6.21 Å². The fraction of sp³-hybridized carbons (Fsp3) is 0.150. The molecule has 0 bridgehead atoms. The molecule has 0 fully saturated rings. The van der Waals surface area contributed by atoms with Crippen molar-refractivity contribution in [2.45, 2.75) is 20.5 Å². The summed E-state index contributed by atoms with van der Waals surface area (Å²) in [5.41, 5.74) is 6.77. The number of hydrogen-bond donors (Lipinski definition) is 1. The number of aromatic nitrogens is 2. The molecule has 5 heteroatoms. The number of anilines is 1. The highest BCUT2D eigenvalue weighted by atomic mass is 16.5. The van der Waals surface area contributed by atoms with E-state index in [4.69, 9.17) is 4.74 Å². The normalized spacial score (nSPS) is 10.8. The lowest BCUT2D eigenvalue weighted by atomic mass is 10.2. The van der Waals surface area contributed by atoms with E-state index < -0.39 is 0 Å². The Morgan fingerprint density at radius 1 is 0.960 bits per heavy atom. The van der Waals surface area contributed by atoms with Crippen LogP contribution in [0.2, 0.25) is 0 Å². The average Bonchev–Trinajstić information content (AvgIpc) is 2.61. The number of ether oxygens (including phenoxy) is 1. The predicted octanol–water partition coefficient (Wildman–Crippen LogP) is 4.12. The lowest BCUT2D eigenvalue weighted by Gasteiger charge is -2.06. The van der Waals surface area contributed by atoms with Crippen molar-refractivity contribution in [1.29, 1.82) is 0 Å². The van der Waals surface area contributed by atoms with E-state index in [0.717, 1.165) is 28.3 Å². The molecule has 0 aliphatic rings. The predicted molar refractivity (Wildman–Crippen MR) is 99.9 cm³/mol. The number of nitrogens with zero attached hydrogens (tertiary/aromatic N) is 3. The van der Waals surface area contributed by atoms with Crippen LogP contribution >= 0.6 is 0 Å². The molecule has 0 saturated carbocycles. The van der Waals surface area contributed by atoms with E-state index in [1.807, 2.05) is 74.5 Å². The Hall–Kier alpha value is -3.21. The first-order valence-electron chi connectivity index (χ1n) is 8.07. The maximum absolute atomic E-state index is 5.77. The van der Waals surface area contributed by atoms with Crippen LogP contribution in [0.25, 0.3) is 0 Å². The summed E-state index contributed by atoms with van der Waals surface area (Å²) < 4.78 is 5.77. The number of nitrogens with one attached hydrogen (secondary N) is 1. The van der Waals surface area contributed by atoms with Gasteiger partial charge in [0.2, 0.25) is 5.95 Å². The molecular formula is C20H20N4O. The highest BCUT2D eigenvalue weighted by molar-refractivity contribution is 5.80. The summed E-state index contributed by atoms with van der Waals surface area (Å²) in [7, 11) is 0. The molecule has 1 N–H and O–H groups in total. The molecule has 3 rings (SSSR count). The maximum atomic E-state index is 5.77. The number of benzene rings is 2. The third-order valence-electron chi connectivity index (χ3n) is 3.49. The molecular weight excluding hydrogens is 312 g/mol. The van der Waals surface area contributed by atoms with Crippen LogP contribution in [0, 0.1) is 13.8 Å². The summed E-state index contributed by atoms with van der Waals surface area (Å²) in [6, 6.07) is 19.8. The molecule has 3 aromatic rings. The van der Waals surface area contributed by atoms with E-state index in [1.54, 1.807) is 6.21 Å². The topological polar surface area (TPSA) is 59.4 Å². The molecule has 25 heavy (non-hydrogen) atoms. The number of rotatable bonds is 6. The van der Waals surface area contributed by atoms with Crippen LogP contribution < -0.4 is 10.2 Å². The molecule has 0 unspecified atom stereocenters.